The maximum absolute atomic E-state index is 12.8. The standard InChI is InChI=1S/C25H24ClF3N2O3Si/c1-35(2,3)13-10-19-15-30-17-31(19)16-24(32-11-12-33-24)22-9-8-21(14-23(22)26)34-20-6-4-18(5-7-20)25(27,28)29/h4-9,14-15,17H,11-12,16H2,1-3H3. The molecule has 0 radical (unpaired) electrons. The lowest BCUT2D eigenvalue weighted by molar-refractivity contribution is -0.176. The Morgan fingerprint density at radius 1 is 1.09 bits per heavy atom. The smallest absolute Gasteiger partial charge is 0.416 e. The van der Waals surface area contributed by atoms with E-state index in [1.165, 1.54) is 12.1 Å². The van der Waals surface area contributed by atoms with E-state index >= 15 is 0 Å². The van der Waals surface area contributed by atoms with Crippen LogP contribution >= 0.6 is 11.6 Å². The van der Waals surface area contributed by atoms with Crippen LogP contribution in [0, 0.1) is 11.5 Å². The predicted molar refractivity (Wildman–Crippen MR) is 129 cm³/mol. The lowest BCUT2D eigenvalue weighted by Gasteiger charge is -2.29. The molecule has 0 spiro atoms. The molecule has 0 unspecified atom stereocenters. The van der Waals surface area contributed by atoms with Crippen molar-refractivity contribution < 1.29 is 27.4 Å². The number of hydrogen-bond donors (Lipinski definition) is 0. The van der Waals surface area contributed by atoms with Gasteiger partial charge in [0, 0.05) is 5.56 Å². The van der Waals surface area contributed by atoms with Crippen molar-refractivity contribution in [2.75, 3.05) is 13.2 Å². The van der Waals surface area contributed by atoms with Gasteiger partial charge in [0.1, 0.15) is 25.3 Å². The molecule has 0 atom stereocenters. The van der Waals surface area contributed by atoms with Crippen LogP contribution in [-0.4, -0.2) is 30.8 Å². The Balaban J connectivity index is 1.57. The largest absolute Gasteiger partial charge is 0.457 e. The van der Waals surface area contributed by atoms with Crippen molar-refractivity contribution in [1.82, 2.24) is 9.55 Å². The Morgan fingerprint density at radius 3 is 2.34 bits per heavy atom. The minimum absolute atomic E-state index is 0.258. The summed E-state index contributed by atoms with van der Waals surface area (Å²) in [5.41, 5.74) is 3.95. The van der Waals surface area contributed by atoms with Crippen LogP contribution in [0.5, 0.6) is 11.5 Å². The minimum atomic E-state index is -4.41. The Kier molecular flexibility index (Phi) is 7.02. The third-order valence-corrected chi connectivity index (χ3v) is 6.37. The first kappa shape index (κ1) is 25.3. The van der Waals surface area contributed by atoms with E-state index in [0.29, 0.717) is 36.1 Å². The van der Waals surface area contributed by atoms with Gasteiger partial charge in [-0.3, -0.25) is 0 Å². The van der Waals surface area contributed by atoms with Gasteiger partial charge in [0.2, 0.25) is 5.79 Å². The van der Waals surface area contributed by atoms with E-state index < -0.39 is 25.6 Å². The van der Waals surface area contributed by atoms with Gasteiger partial charge in [0.15, 0.2) is 0 Å². The first-order valence-electron chi connectivity index (χ1n) is 10.9. The Hall–Kier alpha value is -2.77. The average Bonchev–Trinajstić information content (AvgIpc) is 3.42. The van der Waals surface area contributed by atoms with E-state index in [0.717, 1.165) is 17.8 Å². The molecule has 0 amide bonds. The molecule has 3 aromatic rings. The first-order valence-corrected chi connectivity index (χ1v) is 14.8. The van der Waals surface area contributed by atoms with Gasteiger partial charge in [0.05, 0.1) is 42.9 Å². The topological polar surface area (TPSA) is 45.5 Å². The van der Waals surface area contributed by atoms with Crippen LogP contribution in [0.3, 0.4) is 0 Å². The van der Waals surface area contributed by atoms with E-state index in [2.05, 4.69) is 36.1 Å². The molecule has 0 bridgehead atoms. The summed E-state index contributed by atoms with van der Waals surface area (Å²) in [6.45, 7) is 7.58. The quantitative estimate of drug-likeness (QED) is 0.285. The summed E-state index contributed by atoms with van der Waals surface area (Å²) in [7, 11) is -1.58. The number of aromatic nitrogens is 2. The first-order chi connectivity index (χ1) is 16.5. The molecule has 1 aliphatic rings. The second kappa shape index (κ2) is 9.70. The average molecular weight is 521 g/mol. The molecule has 35 heavy (non-hydrogen) atoms. The number of hydrogen-bond acceptors (Lipinski definition) is 4. The Labute approximate surface area is 207 Å². The van der Waals surface area contributed by atoms with Crippen molar-refractivity contribution in [2.24, 2.45) is 0 Å². The molecule has 0 N–H and O–H groups in total. The Morgan fingerprint density at radius 2 is 1.74 bits per heavy atom. The zero-order valence-corrected chi connectivity index (χ0v) is 21.2. The second-order valence-electron chi connectivity index (χ2n) is 9.12. The van der Waals surface area contributed by atoms with E-state index in [-0.39, 0.29) is 5.75 Å². The normalized spacial score (nSPS) is 15.5. The number of halogens is 4. The highest BCUT2D eigenvalue weighted by molar-refractivity contribution is 6.83. The zero-order valence-electron chi connectivity index (χ0n) is 19.4. The molecule has 1 aliphatic heterocycles. The van der Waals surface area contributed by atoms with Crippen molar-refractivity contribution in [1.29, 1.82) is 0 Å². The number of imidazole rings is 1. The third kappa shape index (κ3) is 6.08. The SMILES string of the molecule is C[Si](C)(C)C#Cc1cncn1CC1(c2ccc(Oc3ccc(C(F)(F)F)cc3)cc2Cl)OCCO1. The summed E-state index contributed by atoms with van der Waals surface area (Å²) >= 11 is 6.62. The highest BCUT2D eigenvalue weighted by Gasteiger charge is 2.41. The van der Waals surface area contributed by atoms with Gasteiger partial charge in [-0.1, -0.05) is 37.2 Å². The molecule has 4 rings (SSSR count). The van der Waals surface area contributed by atoms with Crippen LogP contribution in [0.25, 0.3) is 0 Å². The van der Waals surface area contributed by atoms with Crippen LogP contribution in [0.1, 0.15) is 16.8 Å². The number of ether oxygens (including phenoxy) is 3. The van der Waals surface area contributed by atoms with Gasteiger partial charge in [-0.25, -0.2) is 4.98 Å². The van der Waals surface area contributed by atoms with Crippen LogP contribution in [0.2, 0.25) is 24.7 Å². The molecule has 5 nitrogen and oxygen atoms in total. The van der Waals surface area contributed by atoms with Crippen molar-refractivity contribution >= 4 is 19.7 Å². The molecule has 2 aromatic carbocycles. The molecule has 0 saturated carbocycles. The van der Waals surface area contributed by atoms with Crippen LogP contribution in [0.4, 0.5) is 13.2 Å². The fourth-order valence-corrected chi connectivity index (χ4v) is 4.35. The highest BCUT2D eigenvalue weighted by atomic mass is 35.5. The van der Waals surface area contributed by atoms with Gasteiger partial charge in [-0.2, -0.15) is 13.2 Å². The molecular formula is C25H24ClF3N2O3Si. The zero-order chi connectivity index (χ0) is 25.3. The van der Waals surface area contributed by atoms with E-state index in [9.17, 15) is 13.2 Å². The van der Waals surface area contributed by atoms with Crippen LogP contribution in [-0.2, 0) is 28.0 Å². The molecule has 1 fully saturated rings. The summed E-state index contributed by atoms with van der Waals surface area (Å²) in [6, 6.07) is 9.45. The van der Waals surface area contributed by atoms with Gasteiger partial charge in [-0.15, -0.1) is 5.54 Å². The van der Waals surface area contributed by atoms with E-state index in [1.54, 1.807) is 30.7 Å². The summed E-state index contributed by atoms with van der Waals surface area (Å²) in [5.74, 6) is 2.71. The molecule has 184 valence electrons. The third-order valence-electron chi connectivity index (χ3n) is 5.18. The van der Waals surface area contributed by atoms with Crippen molar-refractivity contribution in [3.8, 4) is 23.0 Å². The highest BCUT2D eigenvalue weighted by Crippen LogP contribution is 2.40. The molecule has 1 aromatic heterocycles. The monoisotopic (exact) mass is 520 g/mol. The summed E-state index contributed by atoms with van der Waals surface area (Å²) in [6.07, 6.45) is -1.02. The van der Waals surface area contributed by atoms with Crippen molar-refractivity contribution in [3.63, 3.8) is 0 Å². The van der Waals surface area contributed by atoms with Gasteiger partial charge >= 0.3 is 6.18 Å². The maximum Gasteiger partial charge on any atom is 0.416 e. The second-order valence-corrected chi connectivity index (χ2v) is 14.3. The molecule has 2 heterocycles. The van der Waals surface area contributed by atoms with E-state index in [4.69, 9.17) is 25.8 Å². The summed E-state index contributed by atoms with van der Waals surface area (Å²) < 4.78 is 58.0. The van der Waals surface area contributed by atoms with Crippen LogP contribution < -0.4 is 4.74 Å². The van der Waals surface area contributed by atoms with Gasteiger partial charge in [0.25, 0.3) is 0 Å². The maximum atomic E-state index is 12.8. The fraction of sp³-hybridized carbons (Fsp3) is 0.320. The molecule has 10 heteroatoms. The van der Waals surface area contributed by atoms with Gasteiger partial charge in [-0.05, 0) is 42.5 Å². The predicted octanol–water partition coefficient (Wildman–Crippen LogP) is 6.48. The van der Waals surface area contributed by atoms with Crippen LogP contribution in [0.15, 0.2) is 55.0 Å². The lowest BCUT2D eigenvalue weighted by atomic mass is 10.0. The number of benzene rings is 2. The fourth-order valence-electron chi connectivity index (χ4n) is 3.53. The number of nitrogens with zero attached hydrogens (tertiary/aromatic N) is 2. The van der Waals surface area contributed by atoms with Crippen molar-refractivity contribution in [3.05, 3.63) is 76.8 Å². The lowest BCUT2D eigenvalue weighted by Crippen LogP contribution is -2.33. The molecular weight excluding hydrogens is 497 g/mol. The minimum Gasteiger partial charge on any atom is -0.457 e. The number of alkyl halides is 3. The van der Waals surface area contributed by atoms with E-state index in [1.807, 2.05) is 4.57 Å². The van der Waals surface area contributed by atoms with Gasteiger partial charge < -0.3 is 18.8 Å². The molecule has 0 aliphatic carbocycles. The number of rotatable bonds is 5. The Bertz CT molecular complexity index is 1250. The summed E-state index contributed by atoms with van der Waals surface area (Å²) in [4.78, 5) is 4.24. The molecule has 1 saturated heterocycles. The summed E-state index contributed by atoms with van der Waals surface area (Å²) in [5, 5.41) is 0.339. The van der Waals surface area contributed by atoms with Crippen molar-refractivity contribution in [2.45, 2.75) is 38.1 Å².